The number of thiocarbonyl (C=S) groups is 1. The lowest BCUT2D eigenvalue weighted by molar-refractivity contribution is -0.119. The van der Waals surface area contributed by atoms with E-state index in [0.717, 1.165) is 0 Å². The van der Waals surface area contributed by atoms with Crippen LogP contribution in [0.2, 0.25) is 10.0 Å². The zero-order valence-corrected chi connectivity index (χ0v) is 15.1. The maximum atomic E-state index is 11.1. The molecule has 1 unspecified atom stereocenters. The molecule has 21 heavy (non-hydrogen) atoms. The van der Waals surface area contributed by atoms with Gasteiger partial charge < -0.3 is 16.0 Å². The summed E-state index contributed by atoms with van der Waals surface area (Å²) in [6.45, 7) is 1.28. The van der Waals surface area contributed by atoms with Gasteiger partial charge in [-0.15, -0.1) is 0 Å². The van der Waals surface area contributed by atoms with E-state index >= 15 is 0 Å². The quantitative estimate of drug-likeness (QED) is 0.400. The lowest BCUT2D eigenvalue weighted by Crippen LogP contribution is -2.55. The first-order chi connectivity index (χ1) is 9.61. The van der Waals surface area contributed by atoms with Gasteiger partial charge in [-0.2, -0.15) is 0 Å². The summed E-state index contributed by atoms with van der Waals surface area (Å²) in [5.74, 6) is -0.391. The van der Waals surface area contributed by atoms with Crippen LogP contribution < -0.4 is 16.0 Å². The molecule has 10 heteroatoms. The molecule has 0 heterocycles. The molecule has 0 aliphatic carbocycles. The number of para-hydroxylation sites is 1. The van der Waals surface area contributed by atoms with Crippen LogP contribution in [0.3, 0.4) is 0 Å². The van der Waals surface area contributed by atoms with Crippen LogP contribution in [0.25, 0.3) is 0 Å². The largest absolute Gasteiger partial charge is 0.339 e. The third-order valence-electron chi connectivity index (χ3n) is 2.15. The number of anilines is 1. The van der Waals surface area contributed by atoms with E-state index in [0.29, 0.717) is 15.7 Å². The highest BCUT2D eigenvalue weighted by atomic mass is 35.6. The third kappa shape index (κ3) is 6.22. The summed E-state index contributed by atoms with van der Waals surface area (Å²) >= 11 is 34.4. The van der Waals surface area contributed by atoms with Crippen molar-refractivity contribution in [3.05, 3.63) is 28.2 Å². The highest BCUT2D eigenvalue weighted by Gasteiger charge is 2.34. The van der Waals surface area contributed by atoms with E-state index in [1.807, 2.05) is 0 Å². The van der Waals surface area contributed by atoms with Crippen molar-refractivity contribution >= 4 is 86.9 Å². The smallest absolute Gasteiger partial charge is 0.228 e. The Hall–Kier alpha value is -0.170. The first-order valence-electron chi connectivity index (χ1n) is 5.46. The van der Waals surface area contributed by atoms with Crippen molar-refractivity contribution < 1.29 is 4.79 Å². The SMILES string of the molecule is CC(=O)NC(NC(=S)Nc1c(Cl)cccc1Cl)C(Cl)(Cl)Cl. The lowest BCUT2D eigenvalue weighted by Gasteiger charge is -2.27. The summed E-state index contributed by atoms with van der Waals surface area (Å²) in [7, 11) is 0. The molecule has 0 aliphatic rings. The van der Waals surface area contributed by atoms with Gasteiger partial charge in [-0.05, 0) is 24.4 Å². The molecule has 0 radical (unpaired) electrons. The second-order valence-electron chi connectivity index (χ2n) is 3.87. The second-order valence-corrected chi connectivity index (χ2v) is 7.46. The molecule has 1 atom stereocenters. The van der Waals surface area contributed by atoms with Crippen molar-refractivity contribution in [3.63, 3.8) is 0 Å². The molecule has 0 saturated carbocycles. The average molecular weight is 410 g/mol. The predicted molar refractivity (Wildman–Crippen MR) is 93.7 cm³/mol. The molecule has 0 aromatic heterocycles. The number of nitrogens with one attached hydrogen (secondary N) is 3. The molecule has 3 N–H and O–H groups in total. The highest BCUT2D eigenvalue weighted by molar-refractivity contribution is 7.80. The van der Waals surface area contributed by atoms with Crippen molar-refractivity contribution in [2.24, 2.45) is 0 Å². The number of carbonyl (C=O) groups is 1. The number of hydrogen-bond donors (Lipinski definition) is 3. The number of benzene rings is 1. The lowest BCUT2D eigenvalue weighted by atomic mass is 10.3. The molecule has 1 rings (SSSR count). The molecule has 116 valence electrons. The van der Waals surface area contributed by atoms with E-state index in [4.69, 9.17) is 70.2 Å². The van der Waals surface area contributed by atoms with Crippen LogP contribution in [0.4, 0.5) is 5.69 Å². The fourth-order valence-corrected chi connectivity index (χ4v) is 2.34. The first-order valence-corrected chi connectivity index (χ1v) is 7.76. The molecule has 1 aromatic rings. The van der Waals surface area contributed by atoms with Gasteiger partial charge in [0.25, 0.3) is 0 Å². The molecule has 0 aliphatic heterocycles. The van der Waals surface area contributed by atoms with Crippen molar-refractivity contribution in [2.75, 3.05) is 5.32 Å². The summed E-state index contributed by atoms with van der Waals surface area (Å²) in [5, 5.41) is 8.70. The van der Waals surface area contributed by atoms with E-state index < -0.39 is 15.9 Å². The zero-order chi connectivity index (χ0) is 16.2. The Morgan fingerprint density at radius 1 is 1.19 bits per heavy atom. The van der Waals surface area contributed by atoms with Crippen molar-refractivity contribution in [2.45, 2.75) is 16.9 Å². The van der Waals surface area contributed by atoms with E-state index in [1.165, 1.54) is 6.92 Å². The molecular weight excluding hydrogens is 399 g/mol. The summed E-state index contributed by atoms with van der Waals surface area (Å²) in [5.41, 5.74) is 0.407. The van der Waals surface area contributed by atoms with Gasteiger partial charge in [0.05, 0.1) is 15.7 Å². The third-order valence-corrected chi connectivity index (χ3v) is 3.66. The summed E-state index contributed by atoms with van der Waals surface area (Å²) in [6, 6.07) is 4.96. The Bertz CT molecular complexity index is 529. The summed E-state index contributed by atoms with van der Waals surface area (Å²) < 4.78 is -1.80. The number of hydrogen-bond acceptors (Lipinski definition) is 2. The molecular formula is C11H10Cl5N3OS. The first kappa shape index (κ1) is 18.9. The minimum absolute atomic E-state index is 0.0788. The van der Waals surface area contributed by atoms with Crippen LogP contribution in [-0.4, -0.2) is 21.0 Å². The molecule has 1 aromatic carbocycles. The van der Waals surface area contributed by atoms with Gasteiger partial charge >= 0.3 is 0 Å². The second kappa shape index (κ2) is 7.90. The molecule has 1 amide bonds. The topological polar surface area (TPSA) is 53.2 Å². The molecule has 0 bridgehead atoms. The Labute approximate surface area is 152 Å². The van der Waals surface area contributed by atoms with E-state index in [-0.39, 0.29) is 5.11 Å². The molecule has 0 saturated heterocycles. The van der Waals surface area contributed by atoms with Crippen LogP contribution in [0.5, 0.6) is 0 Å². The van der Waals surface area contributed by atoms with E-state index in [1.54, 1.807) is 18.2 Å². The zero-order valence-electron chi connectivity index (χ0n) is 10.5. The fourth-order valence-electron chi connectivity index (χ4n) is 1.30. The van der Waals surface area contributed by atoms with Crippen LogP contribution in [-0.2, 0) is 4.79 Å². The summed E-state index contributed by atoms with van der Waals surface area (Å²) in [6.07, 6.45) is -1.03. The van der Waals surface area contributed by atoms with Crippen LogP contribution in [0.1, 0.15) is 6.92 Å². The average Bonchev–Trinajstić information content (AvgIpc) is 2.31. The van der Waals surface area contributed by atoms with Crippen molar-refractivity contribution in [3.8, 4) is 0 Å². The van der Waals surface area contributed by atoms with Crippen molar-refractivity contribution in [1.82, 2.24) is 10.6 Å². The van der Waals surface area contributed by atoms with Gasteiger partial charge in [-0.1, -0.05) is 64.1 Å². The standard InChI is InChI=1S/C11H10Cl5N3OS/c1-5(20)17-9(11(14,15)16)19-10(21)18-8-6(12)3-2-4-7(8)13/h2-4,9H,1H3,(H,17,20)(H2,18,19,21). The molecule has 0 fully saturated rings. The Balaban J connectivity index is 2.81. The van der Waals surface area contributed by atoms with E-state index in [9.17, 15) is 4.79 Å². The van der Waals surface area contributed by atoms with Gasteiger partial charge in [0.1, 0.15) is 6.17 Å². The van der Waals surface area contributed by atoms with E-state index in [2.05, 4.69) is 16.0 Å². The summed E-state index contributed by atoms with van der Waals surface area (Å²) in [4.78, 5) is 11.1. The van der Waals surface area contributed by atoms with Crippen molar-refractivity contribution in [1.29, 1.82) is 0 Å². The Kier molecular flexibility index (Phi) is 7.10. The fraction of sp³-hybridized carbons (Fsp3) is 0.273. The van der Waals surface area contributed by atoms with Crippen LogP contribution in [0.15, 0.2) is 18.2 Å². The predicted octanol–water partition coefficient (Wildman–Crippen LogP) is 4.11. The molecule has 0 spiro atoms. The highest BCUT2D eigenvalue weighted by Crippen LogP contribution is 2.31. The van der Waals surface area contributed by atoms with Crippen LogP contribution >= 0.6 is 70.2 Å². The number of rotatable bonds is 3. The monoisotopic (exact) mass is 407 g/mol. The minimum atomic E-state index is -1.80. The maximum absolute atomic E-state index is 11.1. The van der Waals surface area contributed by atoms with Gasteiger partial charge in [0, 0.05) is 6.92 Å². The number of carbonyl (C=O) groups excluding carboxylic acids is 1. The maximum Gasteiger partial charge on any atom is 0.228 e. The van der Waals surface area contributed by atoms with Gasteiger partial charge in [-0.3, -0.25) is 4.79 Å². The molecule has 4 nitrogen and oxygen atoms in total. The van der Waals surface area contributed by atoms with Crippen LogP contribution in [0, 0.1) is 0 Å². The number of halogens is 5. The number of amides is 1. The van der Waals surface area contributed by atoms with Gasteiger partial charge in [0.2, 0.25) is 9.70 Å². The normalized spacial score (nSPS) is 12.5. The minimum Gasteiger partial charge on any atom is -0.339 e. The van der Waals surface area contributed by atoms with Gasteiger partial charge in [-0.25, -0.2) is 0 Å². The Morgan fingerprint density at radius 3 is 2.14 bits per heavy atom. The number of alkyl halides is 3. The van der Waals surface area contributed by atoms with Gasteiger partial charge in [0.15, 0.2) is 5.11 Å². The Morgan fingerprint density at radius 2 is 1.71 bits per heavy atom.